The van der Waals surface area contributed by atoms with Crippen LogP contribution >= 0.6 is 0 Å². The maximum atomic E-state index is 5.63. The van der Waals surface area contributed by atoms with Crippen LogP contribution in [0.5, 0.6) is 0 Å². The minimum absolute atomic E-state index is 0. The zero-order chi connectivity index (χ0) is 40.8. The zero-order valence-corrected chi connectivity index (χ0v) is 37.0. The average Bonchev–Trinajstić information content (AvgIpc) is 3.96. The van der Waals surface area contributed by atoms with Crippen molar-refractivity contribution in [3.05, 3.63) is 193 Å². The molecule has 0 saturated carbocycles. The Morgan fingerprint density at radius 1 is 0.541 bits per heavy atom. The largest absolute Gasteiger partial charge is 2.00 e. The number of benzene rings is 7. The van der Waals surface area contributed by atoms with Crippen molar-refractivity contribution >= 4 is 54.6 Å². The Labute approximate surface area is 370 Å². The van der Waals surface area contributed by atoms with E-state index in [4.69, 9.17) is 15.0 Å². The summed E-state index contributed by atoms with van der Waals surface area (Å²) in [6.07, 6.45) is 1.86. The summed E-state index contributed by atoms with van der Waals surface area (Å²) in [4.78, 5) is 15.7. The standard InChI is InChI=1S/C55H43N5.Pt/c1-54(2,3)37-28-30-47-45(34-37)42-29-27-35(32-49(42)60(47)50-26-11-12-31-56-50)40-21-15-25-48-52(40)58-53(44-23-14-22-43-41-20-9-10-24-46(41)57-51(43)44)59(48)39-19-13-18-38(33-39)55(4,5)36-16-7-6-8-17-36;/h6-31,33-34H,1-5H3;/q-2;+2. The fourth-order valence-corrected chi connectivity index (χ4v) is 9.09. The molecular weight excluding hydrogens is 926 g/mol. The molecular formula is C55H43N5Pt. The molecule has 0 saturated heterocycles. The van der Waals surface area contributed by atoms with Gasteiger partial charge in [-0.2, -0.15) is 0 Å². The van der Waals surface area contributed by atoms with Gasteiger partial charge in [-0.25, -0.2) is 9.97 Å². The smallest absolute Gasteiger partial charge is 0.656 e. The molecule has 0 N–H and O–H groups in total. The van der Waals surface area contributed by atoms with Crippen LogP contribution in [0.4, 0.5) is 0 Å². The van der Waals surface area contributed by atoms with Gasteiger partial charge in [0, 0.05) is 28.4 Å². The van der Waals surface area contributed by atoms with Gasteiger partial charge in [0.25, 0.3) is 0 Å². The van der Waals surface area contributed by atoms with Crippen molar-refractivity contribution in [2.75, 3.05) is 0 Å². The van der Waals surface area contributed by atoms with Gasteiger partial charge in [0.1, 0.15) is 11.6 Å². The van der Waals surface area contributed by atoms with Crippen molar-refractivity contribution in [2.45, 2.75) is 45.4 Å². The second-order valence-corrected chi connectivity index (χ2v) is 17.5. The van der Waals surface area contributed by atoms with Crippen LogP contribution < -0.4 is 4.98 Å². The zero-order valence-electron chi connectivity index (χ0n) is 34.7. The number of nitrogens with zero attached hydrogens (tertiary/aromatic N) is 5. The predicted molar refractivity (Wildman–Crippen MR) is 249 cm³/mol. The van der Waals surface area contributed by atoms with Crippen molar-refractivity contribution in [3.63, 3.8) is 0 Å². The van der Waals surface area contributed by atoms with Crippen molar-refractivity contribution in [1.82, 2.24) is 24.1 Å². The van der Waals surface area contributed by atoms with Gasteiger partial charge in [0.05, 0.1) is 11.0 Å². The van der Waals surface area contributed by atoms with E-state index in [1.54, 1.807) is 0 Å². The Morgan fingerprint density at radius 2 is 1.28 bits per heavy atom. The number of imidazole rings is 1. The number of rotatable bonds is 6. The molecule has 298 valence electrons. The summed E-state index contributed by atoms with van der Waals surface area (Å²) in [5.74, 6) is 1.71. The van der Waals surface area contributed by atoms with Crippen LogP contribution in [0.2, 0.25) is 0 Å². The summed E-state index contributed by atoms with van der Waals surface area (Å²) >= 11 is 0. The first-order valence-corrected chi connectivity index (χ1v) is 20.7. The Morgan fingerprint density at radius 3 is 2.10 bits per heavy atom. The molecule has 11 rings (SSSR count). The molecule has 0 radical (unpaired) electrons. The molecule has 11 aromatic rings. The second kappa shape index (κ2) is 14.6. The molecule has 0 amide bonds. The van der Waals surface area contributed by atoms with E-state index in [1.807, 2.05) is 18.3 Å². The molecule has 6 heteroatoms. The van der Waals surface area contributed by atoms with Crippen molar-refractivity contribution < 1.29 is 21.1 Å². The fraction of sp³-hybridized carbons (Fsp3) is 0.127. The number of hydrogen-bond donors (Lipinski definition) is 0. The average molecular weight is 969 g/mol. The molecule has 0 aliphatic carbocycles. The minimum atomic E-state index is -0.228. The fourth-order valence-electron chi connectivity index (χ4n) is 9.09. The quantitative estimate of drug-likeness (QED) is 0.156. The van der Waals surface area contributed by atoms with Crippen LogP contribution in [0.15, 0.2) is 170 Å². The predicted octanol–water partition coefficient (Wildman–Crippen LogP) is 13.5. The van der Waals surface area contributed by atoms with Crippen LogP contribution in [0.1, 0.15) is 51.3 Å². The Kier molecular flexibility index (Phi) is 9.23. The third kappa shape index (κ3) is 6.25. The monoisotopic (exact) mass is 968 g/mol. The first kappa shape index (κ1) is 38.6. The maximum absolute atomic E-state index is 5.63. The van der Waals surface area contributed by atoms with Crippen molar-refractivity contribution in [3.8, 4) is 34.0 Å². The topological polar surface area (TPSA) is 49.7 Å². The van der Waals surface area contributed by atoms with E-state index < -0.39 is 0 Å². The summed E-state index contributed by atoms with van der Waals surface area (Å²) in [5, 5.41) is 4.60. The first-order chi connectivity index (χ1) is 29.1. The van der Waals surface area contributed by atoms with Crippen molar-refractivity contribution in [2.24, 2.45) is 0 Å². The van der Waals surface area contributed by atoms with Gasteiger partial charge < -0.3 is 9.55 Å². The second-order valence-electron chi connectivity index (χ2n) is 17.5. The van der Waals surface area contributed by atoms with Gasteiger partial charge in [-0.1, -0.05) is 161 Å². The van der Waals surface area contributed by atoms with E-state index in [9.17, 15) is 0 Å². The van der Waals surface area contributed by atoms with Gasteiger partial charge in [-0.05, 0) is 80.2 Å². The van der Waals surface area contributed by atoms with E-state index in [-0.39, 0.29) is 31.9 Å². The van der Waals surface area contributed by atoms with Gasteiger partial charge in [-0.3, -0.25) is 4.57 Å². The summed E-state index contributed by atoms with van der Waals surface area (Å²) in [6.45, 7) is 11.4. The normalized spacial score (nSPS) is 12.2. The van der Waals surface area contributed by atoms with Crippen LogP contribution in [0.25, 0.3) is 88.7 Å². The molecule has 0 atom stereocenters. The molecule has 4 heterocycles. The third-order valence-electron chi connectivity index (χ3n) is 12.4. The van der Waals surface area contributed by atoms with Crippen LogP contribution in [0.3, 0.4) is 0 Å². The number of pyridine rings is 1. The molecule has 5 nitrogen and oxygen atoms in total. The molecule has 0 bridgehead atoms. The molecule has 7 aromatic carbocycles. The van der Waals surface area contributed by atoms with Gasteiger partial charge in [0.15, 0.2) is 0 Å². The number of hydrogen-bond acceptors (Lipinski definition) is 2. The Balaban J connectivity index is 0.00000445. The van der Waals surface area contributed by atoms with Gasteiger partial charge in [0.2, 0.25) is 0 Å². The first-order valence-electron chi connectivity index (χ1n) is 20.7. The van der Waals surface area contributed by atoms with Crippen LogP contribution in [0, 0.1) is 6.07 Å². The number of fused-ring (bicyclic) bond motifs is 7. The summed E-state index contributed by atoms with van der Waals surface area (Å²) in [6, 6.07) is 62.3. The number of para-hydroxylation sites is 3. The van der Waals surface area contributed by atoms with Gasteiger partial charge >= 0.3 is 21.1 Å². The van der Waals surface area contributed by atoms with Crippen LogP contribution in [-0.4, -0.2) is 19.1 Å². The van der Waals surface area contributed by atoms with Crippen LogP contribution in [-0.2, 0) is 31.9 Å². The Hall–Kier alpha value is -6.55. The summed E-state index contributed by atoms with van der Waals surface area (Å²) < 4.78 is 4.58. The van der Waals surface area contributed by atoms with Gasteiger partial charge in [-0.15, -0.1) is 34.8 Å². The summed E-state index contributed by atoms with van der Waals surface area (Å²) in [7, 11) is 0. The summed E-state index contributed by atoms with van der Waals surface area (Å²) in [5.41, 5.74) is 13.5. The van der Waals surface area contributed by atoms with E-state index >= 15 is 0 Å². The van der Waals surface area contributed by atoms with E-state index in [1.165, 1.54) is 22.1 Å². The Bertz CT molecular complexity index is 3440. The molecule has 0 unspecified atom stereocenters. The maximum Gasteiger partial charge on any atom is 2.00 e. The van der Waals surface area contributed by atoms with E-state index in [0.29, 0.717) is 0 Å². The molecule has 0 spiro atoms. The third-order valence-corrected chi connectivity index (χ3v) is 12.4. The van der Waals surface area contributed by atoms with E-state index in [2.05, 4.69) is 201 Å². The SMILES string of the molecule is CC(C)(C)c1ccc2c(c1)c1ccc(-c3cccc4c3nc(-c3cccc5c3[n-]c3ccccc35)n4-c3cccc(C(C)(C)c4ccccc4)c3)[c-]c1n2-c1ccccn1.[Pt+2]. The minimum Gasteiger partial charge on any atom is -0.656 e. The molecule has 0 aliphatic heterocycles. The van der Waals surface area contributed by atoms with E-state index in [0.717, 1.165) is 83.3 Å². The molecule has 61 heavy (non-hydrogen) atoms. The number of aromatic nitrogens is 5. The van der Waals surface area contributed by atoms with Crippen molar-refractivity contribution in [1.29, 1.82) is 0 Å². The molecule has 0 fully saturated rings. The molecule has 4 aromatic heterocycles. The molecule has 0 aliphatic rings.